The Labute approximate surface area is 145 Å². The average molecular weight is 335 g/mol. The van der Waals surface area contributed by atoms with Crippen molar-refractivity contribution in [3.05, 3.63) is 29.6 Å². The maximum atomic E-state index is 13.2. The molecule has 0 unspecified atom stereocenters. The van der Waals surface area contributed by atoms with Crippen LogP contribution in [0.3, 0.4) is 0 Å². The predicted molar refractivity (Wildman–Crippen MR) is 93.7 cm³/mol. The Morgan fingerprint density at radius 1 is 0.917 bits per heavy atom. The fraction of sp³-hybridized carbons (Fsp3) is 0.762. The average Bonchev–Trinajstić information content (AvgIpc) is 2.63. The van der Waals surface area contributed by atoms with Gasteiger partial charge in [0.05, 0.1) is 0 Å². The van der Waals surface area contributed by atoms with Crippen LogP contribution in [0.1, 0.15) is 76.7 Å². The molecule has 0 spiro atoms. The first-order valence-corrected chi connectivity index (χ1v) is 9.95. The van der Waals surface area contributed by atoms with Gasteiger partial charge in [0.15, 0.2) is 5.82 Å². The highest BCUT2D eigenvalue weighted by molar-refractivity contribution is 5.11. The summed E-state index contributed by atoms with van der Waals surface area (Å²) in [6.07, 6.45) is 15.9. The molecule has 3 rings (SSSR count). The van der Waals surface area contributed by atoms with E-state index < -0.39 is 11.8 Å². The number of hydrogen-bond donors (Lipinski definition) is 0. The van der Waals surface area contributed by atoms with Crippen molar-refractivity contribution in [3.8, 4) is 0 Å². The van der Waals surface area contributed by atoms with Gasteiger partial charge in [-0.25, -0.2) is 9.37 Å². The van der Waals surface area contributed by atoms with Crippen molar-refractivity contribution >= 4 is 0 Å². The zero-order valence-electron chi connectivity index (χ0n) is 14.9. The van der Waals surface area contributed by atoms with E-state index in [0.29, 0.717) is 0 Å². The van der Waals surface area contributed by atoms with E-state index in [1.807, 2.05) is 0 Å². The molecule has 0 aromatic carbocycles. The smallest absolute Gasteiger partial charge is 0.225 e. The van der Waals surface area contributed by atoms with Crippen molar-refractivity contribution in [2.45, 2.75) is 77.6 Å². The molecule has 0 saturated heterocycles. The van der Waals surface area contributed by atoms with Gasteiger partial charge in [0, 0.05) is 6.20 Å². The van der Waals surface area contributed by atoms with Crippen LogP contribution in [0.25, 0.3) is 0 Å². The van der Waals surface area contributed by atoms with Gasteiger partial charge in [-0.3, -0.25) is 0 Å². The van der Waals surface area contributed by atoms with Crippen LogP contribution in [0.2, 0.25) is 0 Å². The molecule has 1 nitrogen and oxygen atoms in total. The first-order chi connectivity index (χ1) is 11.7. The monoisotopic (exact) mass is 335 g/mol. The lowest BCUT2D eigenvalue weighted by Crippen LogP contribution is -2.25. The van der Waals surface area contributed by atoms with Crippen LogP contribution in [0, 0.1) is 35.4 Å². The fourth-order valence-electron chi connectivity index (χ4n) is 4.98. The van der Waals surface area contributed by atoms with Gasteiger partial charge in [0.2, 0.25) is 5.95 Å². The molecule has 0 aliphatic heterocycles. The summed E-state index contributed by atoms with van der Waals surface area (Å²) >= 11 is 0. The summed E-state index contributed by atoms with van der Waals surface area (Å²) in [7, 11) is 0. The van der Waals surface area contributed by atoms with Crippen molar-refractivity contribution in [3.63, 3.8) is 0 Å². The highest BCUT2D eigenvalue weighted by Gasteiger charge is 2.30. The number of aryl methyl sites for hydroxylation is 1. The molecule has 2 aliphatic rings. The van der Waals surface area contributed by atoms with Gasteiger partial charge in [-0.1, -0.05) is 39.0 Å². The van der Waals surface area contributed by atoms with Crippen LogP contribution >= 0.6 is 0 Å². The van der Waals surface area contributed by atoms with Gasteiger partial charge in [0.25, 0.3) is 0 Å². The normalized spacial score (nSPS) is 31.1. The number of nitrogens with zero attached hydrogens (tertiary/aromatic N) is 1. The molecule has 0 amide bonds. The second-order valence-electron chi connectivity index (χ2n) is 8.12. The van der Waals surface area contributed by atoms with E-state index in [9.17, 15) is 8.78 Å². The lowest BCUT2D eigenvalue weighted by atomic mass is 9.68. The van der Waals surface area contributed by atoms with Crippen LogP contribution in [0.4, 0.5) is 8.78 Å². The molecule has 2 aliphatic carbocycles. The Kier molecular flexibility index (Phi) is 6.24. The standard InChI is InChI=1S/C21H31F2N/c1-2-15-5-9-18(10-6-15)19-11-7-16(8-12-19)3-4-17-13-20(22)21(23)24-14-17/h13-16,18-19H,2-12H2,1H3. The third kappa shape index (κ3) is 4.55. The second kappa shape index (κ2) is 8.40. The predicted octanol–water partition coefficient (Wildman–Crippen LogP) is 6.32. The van der Waals surface area contributed by atoms with Crippen molar-refractivity contribution in [1.29, 1.82) is 0 Å². The maximum absolute atomic E-state index is 13.2. The minimum Gasteiger partial charge on any atom is -0.225 e. The molecule has 0 radical (unpaired) electrons. The molecular formula is C21H31F2N. The number of rotatable bonds is 5. The number of hydrogen-bond acceptors (Lipinski definition) is 1. The van der Waals surface area contributed by atoms with Crippen molar-refractivity contribution in [1.82, 2.24) is 4.98 Å². The molecule has 134 valence electrons. The maximum Gasteiger partial charge on any atom is 0.248 e. The molecule has 2 saturated carbocycles. The van der Waals surface area contributed by atoms with E-state index >= 15 is 0 Å². The number of aromatic nitrogens is 1. The molecule has 1 aromatic heterocycles. The molecule has 1 aromatic rings. The second-order valence-corrected chi connectivity index (χ2v) is 8.12. The topological polar surface area (TPSA) is 12.9 Å². The summed E-state index contributed by atoms with van der Waals surface area (Å²) in [5.74, 6) is 1.85. The van der Waals surface area contributed by atoms with Crippen LogP contribution in [0.5, 0.6) is 0 Å². The number of halogens is 2. The minimum atomic E-state index is -0.989. The number of pyridine rings is 1. The van der Waals surface area contributed by atoms with Gasteiger partial charge in [0.1, 0.15) is 0 Å². The van der Waals surface area contributed by atoms with E-state index in [1.54, 1.807) is 0 Å². The summed E-state index contributed by atoms with van der Waals surface area (Å²) in [5.41, 5.74) is 0.828. The van der Waals surface area contributed by atoms with Crippen LogP contribution in [-0.4, -0.2) is 4.98 Å². The van der Waals surface area contributed by atoms with Crippen LogP contribution in [0.15, 0.2) is 12.3 Å². The Morgan fingerprint density at radius 3 is 2.04 bits per heavy atom. The van der Waals surface area contributed by atoms with Crippen molar-refractivity contribution in [2.75, 3.05) is 0 Å². The lowest BCUT2D eigenvalue weighted by Gasteiger charge is -2.37. The minimum absolute atomic E-state index is 0.751. The van der Waals surface area contributed by atoms with E-state index in [-0.39, 0.29) is 0 Å². The van der Waals surface area contributed by atoms with Gasteiger partial charge in [-0.05, 0) is 73.8 Å². The Morgan fingerprint density at radius 2 is 1.50 bits per heavy atom. The quantitative estimate of drug-likeness (QED) is 0.574. The van der Waals surface area contributed by atoms with Gasteiger partial charge >= 0.3 is 0 Å². The molecular weight excluding hydrogens is 304 g/mol. The molecule has 0 atom stereocenters. The van der Waals surface area contributed by atoms with Gasteiger partial charge in [-0.15, -0.1) is 0 Å². The van der Waals surface area contributed by atoms with E-state index in [4.69, 9.17) is 0 Å². The zero-order chi connectivity index (χ0) is 16.9. The Bertz CT molecular complexity index is 515. The summed E-state index contributed by atoms with van der Waals surface area (Å²) < 4.78 is 26.1. The molecule has 1 heterocycles. The Hall–Kier alpha value is -0.990. The van der Waals surface area contributed by atoms with Crippen LogP contribution in [-0.2, 0) is 6.42 Å². The van der Waals surface area contributed by atoms with Crippen LogP contribution < -0.4 is 0 Å². The summed E-state index contributed by atoms with van der Waals surface area (Å²) in [5, 5.41) is 0. The third-order valence-electron chi connectivity index (χ3n) is 6.72. The molecule has 0 bridgehead atoms. The van der Waals surface area contributed by atoms with E-state index in [1.165, 1.54) is 70.1 Å². The first-order valence-electron chi connectivity index (χ1n) is 9.95. The first kappa shape index (κ1) is 17.8. The SMILES string of the molecule is CCC1CCC(C2CCC(CCc3cnc(F)c(F)c3)CC2)CC1. The fourth-order valence-corrected chi connectivity index (χ4v) is 4.98. The van der Waals surface area contributed by atoms with E-state index in [2.05, 4.69) is 11.9 Å². The molecule has 2 fully saturated rings. The lowest BCUT2D eigenvalue weighted by molar-refractivity contribution is 0.142. The Balaban J connectivity index is 1.40. The molecule has 0 N–H and O–H groups in total. The molecule has 24 heavy (non-hydrogen) atoms. The molecule has 3 heteroatoms. The third-order valence-corrected chi connectivity index (χ3v) is 6.72. The largest absolute Gasteiger partial charge is 0.248 e. The van der Waals surface area contributed by atoms with E-state index in [0.717, 1.165) is 42.1 Å². The zero-order valence-corrected chi connectivity index (χ0v) is 14.9. The van der Waals surface area contributed by atoms with Gasteiger partial charge in [-0.2, -0.15) is 4.39 Å². The van der Waals surface area contributed by atoms with Gasteiger partial charge < -0.3 is 0 Å². The summed E-state index contributed by atoms with van der Waals surface area (Å²) in [6.45, 7) is 2.33. The summed E-state index contributed by atoms with van der Waals surface area (Å²) in [6, 6.07) is 1.31. The van der Waals surface area contributed by atoms with Crippen molar-refractivity contribution in [2.24, 2.45) is 23.7 Å². The summed E-state index contributed by atoms with van der Waals surface area (Å²) in [4.78, 5) is 3.49. The highest BCUT2D eigenvalue weighted by atomic mass is 19.2. The highest BCUT2D eigenvalue weighted by Crippen LogP contribution is 2.42. The van der Waals surface area contributed by atoms with Crippen molar-refractivity contribution < 1.29 is 8.78 Å².